The first kappa shape index (κ1) is 15.5. The summed E-state index contributed by atoms with van der Waals surface area (Å²) in [6.45, 7) is 7.05. The number of hydrogen-bond donors (Lipinski definition) is 0. The van der Waals surface area contributed by atoms with Gasteiger partial charge in [0.2, 0.25) is 0 Å². The highest BCUT2D eigenvalue weighted by molar-refractivity contribution is 7.98. The van der Waals surface area contributed by atoms with Crippen LogP contribution in [0.15, 0.2) is 30.3 Å². The Labute approximate surface area is 110 Å². The zero-order valence-electron chi connectivity index (χ0n) is 11.4. The van der Waals surface area contributed by atoms with Crippen molar-refractivity contribution >= 4 is 17.0 Å². The molecule has 0 heterocycles. The average Bonchev–Trinajstić information content (AvgIpc) is 2.14. The van der Waals surface area contributed by atoms with Gasteiger partial charge < -0.3 is 4.57 Å². The van der Waals surface area contributed by atoms with Crippen molar-refractivity contribution in [2.75, 3.05) is 12.2 Å². The molecule has 0 amide bonds. The smallest absolute Gasteiger partial charge is 0.161 e. The van der Waals surface area contributed by atoms with Gasteiger partial charge in [0.1, 0.15) is 12.6 Å². The lowest BCUT2D eigenvalue weighted by Gasteiger charge is -2.27. The molecule has 0 N–H and O–H groups in total. The Bertz CT molecular complexity index is 541. The lowest BCUT2D eigenvalue weighted by molar-refractivity contribution is 0.553. The van der Waals surface area contributed by atoms with Gasteiger partial charge in [-0.1, -0.05) is 51.1 Å². The molecular formula is C13H21O3PS. The first-order valence-electron chi connectivity index (χ1n) is 5.84. The van der Waals surface area contributed by atoms with Crippen LogP contribution in [0.2, 0.25) is 0 Å². The Morgan fingerprint density at radius 1 is 1.11 bits per heavy atom. The van der Waals surface area contributed by atoms with Crippen molar-refractivity contribution < 1.29 is 13.0 Å². The first-order valence-corrected chi connectivity index (χ1v) is 10.0. The highest BCUT2D eigenvalue weighted by atomic mass is 32.2. The molecule has 0 radical (unpaired) electrons. The molecule has 0 fully saturated rings. The molecule has 0 aliphatic carbocycles. The van der Waals surface area contributed by atoms with Crippen LogP contribution < -0.4 is 0 Å². The van der Waals surface area contributed by atoms with Gasteiger partial charge in [-0.15, -0.1) is 0 Å². The molecule has 5 heteroatoms. The maximum absolute atomic E-state index is 12.5. The van der Waals surface area contributed by atoms with Gasteiger partial charge in [0.05, 0.1) is 5.75 Å². The molecule has 1 aromatic carbocycles. The van der Waals surface area contributed by atoms with Gasteiger partial charge in [-0.05, 0) is 12.2 Å². The summed E-state index contributed by atoms with van der Waals surface area (Å²) in [5, 5.41) is -0.475. The predicted octanol–water partition coefficient (Wildman–Crippen LogP) is 3.35. The van der Waals surface area contributed by atoms with Gasteiger partial charge in [-0.25, -0.2) is 8.42 Å². The van der Waals surface area contributed by atoms with E-state index in [9.17, 15) is 13.0 Å². The third-order valence-electron chi connectivity index (χ3n) is 3.09. The van der Waals surface area contributed by atoms with E-state index in [4.69, 9.17) is 0 Å². The van der Waals surface area contributed by atoms with Crippen LogP contribution in [0.4, 0.5) is 0 Å². The van der Waals surface area contributed by atoms with Crippen LogP contribution in [0.25, 0.3) is 0 Å². The standard InChI is InChI=1S/C13H21O3PS/c1-13(2,3)17(4,14)11-18(15,16)10-12-8-6-5-7-9-12/h5-9H,10-11H2,1-4H3. The second kappa shape index (κ2) is 5.18. The molecule has 1 rings (SSSR count). The molecule has 18 heavy (non-hydrogen) atoms. The third kappa shape index (κ3) is 4.25. The highest BCUT2D eigenvalue weighted by Gasteiger charge is 2.35. The van der Waals surface area contributed by atoms with E-state index < -0.39 is 22.1 Å². The summed E-state index contributed by atoms with van der Waals surface area (Å²) in [5.74, 6) is -0.0399. The molecule has 0 saturated carbocycles. The first-order chi connectivity index (χ1) is 8.04. The van der Waals surface area contributed by atoms with Gasteiger partial charge >= 0.3 is 0 Å². The molecule has 0 saturated heterocycles. The van der Waals surface area contributed by atoms with E-state index in [0.29, 0.717) is 0 Å². The van der Waals surface area contributed by atoms with Gasteiger partial charge in [-0.2, -0.15) is 0 Å². The van der Waals surface area contributed by atoms with E-state index in [1.807, 2.05) is 26.8 Å². The Hall–Kier alpha value is -0.600. The van der Waals surface area contributed by atoms with Crippen LogP contribution in [0.3, 0.4) is 0 Å². The van der Waals surface area contributed by atoms with Crippen molar-refractivity contribution in [3.63, 3.8) is 0 Å². The summed E-state index contributed by atoms with van der Waals surface area (Å²) in [4.78, 5) is 0. The monoisotopic (exact) mass is 288 g/mol. The number of sulfone groups is 1. The molecule has 1 aromatic rings. The second-order valence-corrected chi connectivity index (χ2v) is 12.1. The fourth-order valence-electron chi connectivity index (χ4n) is 1.44. The van der Waals surface area contributed by atoms with Crippen LogP contribution in [-0.4, -0.2) is 25.7 Å². The minimum Gasteiger partial charge on any atom is -0.322 e. The van der Waals surface area contributed by atoms with Crippen molar-refractivity contribution in [2.45, 2.75) is 31.7 Å². The van der Waals surface area contributed by atoms with Crippen LogP contribution in [-0.2, 0) is 20.2 Å². The van der Waals surface area contributed by atoms with Crippen LogP contribution in [0.5, 0.6) is 0 Å². The fourth-order valence-corrected chi connectivity index (χ4v) is 7.06. The van der Waals surface area contributed by atoms with Gasteiger partial charge in [0.15, 0.2) is 9.84 Å². The van der Waals surface area contributed by atoms with E-state index in [1.54, 1.807) is 30.9 Å². The Kier molecular flexibility index (Phi) is 4.45. The highest BCUT2D eigenvalue weighted by Crippen LogP contribution is 2.55. The Morgan fingerprint density at radius 3 is 2.06 bits per heavy atom. The van der Waals surface area contributed by atoms with Crippen molar-refractivity contribution in [3.05, 3.63) is 35.9 Å². The molecule has 0 bridgehead atoms. The van der Waals surface area contributed by atoms with Crippen molar-refractivity contribution in [2.24, 2.45) is 0 Å². The van der Waals surface area contributed by atoms with E-state index in [0.717, 1.165) is 5.56 Å². The number of rotatable bonds is 4. The third-order valence-corrected chi connectivity index (χ3v) is 10.2. The molecule has 0 aliphatic rings. The van der Waals surface area contributed by atoms with Gasteiger partial charge in [-0.3, -0.25) is 0 Å². The number of hydrogen-bond acceptors (Lipinski definition) is 3. The van der Waals surface area contributed by atoms with Crippen LogP contribution >= 0.6 is 7.14 Å². The maximum Gasteiger partial charge on any atom is 0.161 e. The SMILES string of the molecule is CC(C)(C)P(C)(=O)CS(=O)(=O)Cc1ccccc1. The molecule has 0 spiro atoms. The maximum atomic E-state index is 12.5. The Balaban J connectivity index is 2.88. The molecule has 102 valence electrons. The lowest BCUT2D eigenvalue weighted by Crippen LogP contribution is -2.21. The molecule has 1 unspecified atom stereocenters. The largest absolute Gasteiger partial charge is 0.322 e. The molecule has 0 aliphatic heterocycles. The van der Waals surface area contributed by atoms with Crippen molar-refractivity contribution in [3.8, 4) is 0 Å². The Morgan fingerprint density at radius 2 is 1.61 bits per heavy atom. The predicted molar refractivity (Wildman–Crippen MR) is 77.2 cm³/mol. The fraction of sp³-hybridized carbons (Fsp3) is 0.538. The zero-order chi connectivity index (χ0) is 14.0. The second-order valence-electron chi connectivity index (χ2n) is 5.77. The summed E-state index contributed by atoms with van der Waals surface area (Å²) >= 11 is 0. The van der Waals surface area contributed by atoms with Crippen molar-refractivity contribution in [1.29, 1.82) is 0 Å². The summed E-state index contributed by atoms with van der Waals surface area (Å²) in [6.07, 6.45) is 0. The summed E-state index contributed by atoms with van der Waals surface area (Å²) in [5.41, 5.74) is 0.518. The van der Waals surface area contributed by atoms with E-state index in [2.05, 4.69) is 0 Å². The number of benzene rings is 1. The zero-order valence-corrected chi connectivity index (χ0v) is 13.1. The minimum atomic E-state index is -3.34. The van der Waals surface area contributed by atoms with Crippen LogP contribution in [0.1, 0.15) is 26.3 Å². The van der Waals surface area contributed by atoms with E-state index in [1.165, 1.54) is 0 Å². The molecule has 0 aromatic heterocycles. The summed E-state index contributed by atoms with van der Waals surface area (Å²) in [6, 6.07) is 9.00. The minimum absolute atomic E-state index is 0.0399. The average molecular weight is 288 g/mol. The quantitative estimate of drug-likeness (QED) is 0.798. The van der Waals surface area contributed by atoms with E-state index in [-0.39, 0.29) is 11.2 Å². The topological polar surface area (TPSA) is 51.2 Å². The normalized spacial score (nSPS) is 16.2. The molecule has 1 atom stereocenters. The molecular weight excluding hydrogens is 267 g/mol. The summed E-state index contributed by atoms with van der Waals surface area (Å²) in [7, 11) is -6.06. The molecule has 3 nitrogen and oxygen atoms in total. The summed E-state index contributed by atoms with van der Waals surface area (Å²) < 4.78 is 36.6. The lowest BCUT2D eigenvalue weighted by atomic mass is 10.2. The van der Waals surface area contributed by atoms with E-state index >= 15 is 0 Å². The van der Waals surface area contributed by atoms with Crippen molar-refractivity contribution in [1.82, 2.24) is 0 Å². The van der Waals surface area contributed by atoms with Gasteiger partial charge in [0, 0.05) is 5.16 Å². The van der Waals surface area contributed by atoms with Crippen LogP contribution in [0, 0.1) is 0 Å². The van der Waals surface area contributed by atoms with Gasteiger partial charge in [0.25, 0.3) is 0 Å².